The number of primary amides is 1. The molecule has 2 aromatic rings. The van der Waals surface area contributed by atoms with Gasteiger partial charge in [-0.1, -0.05) is 23.9 Å². The number of nitrogens with two attached hydrogens (primary N) is 1. The first kappa shape index (κ1) is 16.2. The zero-order valence-corrected chi connectivity index (χ0v) is 13.2. The molecule has 0 radical (unpaired) electrons. The quantitative estimate of drug-likeness (QED) is 0.631. The van der Waals surface area contributed by atoms with Crippen LogP contribution in [-0.2, 0) is 14.3 Å². The summed E-state index contributed by atoms with van der Waals surface area (Å²) in [6.45, 7) is 1.36. The molecule has 116 valence electrons. The summed E-state index contributed by atoms with van der Waals surface area (Å²) in [7, 11) is 0. The molecule has 0 saturated heterocycles. The van der Waals surface area contributed by atoms with Crippen LogP contribution in [0.4, 0.5) is 4.79 Å². The number of thiazole rings is 1. The van der Waals surface area contributed by atoms with Gasteiger partial charge in [-0.15, -0.1) is 11.3 Å². The molecule has 0 spiro atoms. The summed E-state index contributed by atoms with van der Waals surface area (Å²) < 4.78 is 6.68. The molecule has 0 aliphatic heterocycles. The molecule has 0 unspecified atom stereocenters. The van der Waals surface area contributed by atoms with Crippen molar-refractivity contribution in [2.45, 2.75) is 17.4 Å². The van der Waals surface area contributed by atoms with Crippen LogP contribution in [-0.4, -0.2) is 34.7 Å². The van der Waals surface area contributed by atoms with Crippen LogP contribution in [0.15, 0.2) is 28.6 Å². The summed E-state index contributed by atoms with van der Waals surface area (Å²) in [5.41, 5.74) is 5.68. The summed E-state index contributed by atoms with van der Waals surface area (Å²) in [4.78, 5) is 38.0. The third kappa shape index (κ3) is 4.43. The standard InChI is InChI=1S/C13H13N3O4S2/c1-7(11(18)16-12(14)19)20-10(17)6-21-13-15-8-4-2-3-5-9(8)22-13/h2-5,7H,6H2,1H3,(H3,14,16,18,19)/t7-/m1/s1. The van der Waals surface area contributed by atoms with E-state index in [9.17, 15) is 14.4 Å². The molecule has 9 heteroatoms. The zero-order chi connectivity index (χ0) is 16.1. The van der Waals surface area contributed by atoms with Crippen molar-refractivity contribution in [3.05, 3.63) is 24.3 Å². The number of thioether (sulfide) groups is 1. The molecular formula is C13H13N3O4S2. The number of nitrogens with one attached hydrogen (secondary N) is 1. The van der Waals surface area contributed by atoms with Crippen LogP contribution in [0.25, 0.3) is 10.2 Å². The second kappa shape index (κ2) is 7.23. The van der Waals surface area contributed by atoms with Gasteiger partial charge in [0, 0.05) is 0 Å². The molecule has 2 rings (SSSR count). The highest BCUT2D eigenvalue weighted by atomic mass is 32.2. The highest BCUT2D eigenvalue weighted by Crippen LogP contribution is 2.29. The number of carbonyl (C=O) groups is 3. The van der Waals surface area contributed by atoms with Crippen LogP contribution >= 0.6 is 23.1 Å². The van der Waals surface area contributed by atoms with Crippen molar-refractivity contribution in [2.75, 3.05) is 5.75 Å². The summed E-state index contributed by atoms with van der Waals surface area (Å²) >= 11 is 2.71. The van der Waals surface area contributed by atoms with Crippen LogP contribution in [0.2, 0.25) is 0 Å². The number of esters is 1. The average molecular weight is 339 g/mol. The highest BCUT2D eigenvalue weighted by molar-refractivity contribution is 8.01. The Kier molecular flexibility index (Phi) is 5.34. The minimum absolute atomic E-state index is 0.0218. The Morgan fingerprint density at radius 2 is 2.14 bits per heavy atom. The minimum atomic E-state index is -1.09. The Hall–Kier alpha value is -2.13. The maximum Gasteiger partial charge on any atom is 0.318 e. The minimum Gasteiger partial charge on any atom is -0.452 e. The Morgan fingerprint density at radius 3 is 2.82 bits per heavy atom. The Bertz CT molecular complexity index is 683. The van der Waals surface area contributed by atoms with E-state index in [0.717, 1.165) is 14.6 Å². The van der Waals surface area contributed by atoms with Crippen molar-refractivity contribution in [3.8, 4) is 0 Å². The number of ether oxygens (including phenoxy) is 1. The van der Waals surface area contributed by atoms with Gasteiger partial charge in [0.15, 0.2) is 10.4 Å². The number of fused-ring (bicyclic) bond motifs is 1. The van der Waals surface area contributed by atoms with Crippen LogP contribution in [0.3, 0.4) is 0 Å². The van der Waals surface area contributed by atoms with Gasteiger partial charge in [-0.2, -0.15) is 0 Å². The maximum absolute atomic E-state index is 11.7. The molecule has 7 nitrogen and oxygen atoms in total. The lowest BCUT2D eigenvalue weighted by Gasteiger charge is -2.11. The fraction of sp³-hybridized carbons (Fsp3) is 0.231. The Labute approximate surface area is 134 Å². The van der Waals surface area contributed by atoms with E-state index in [1.807, 2.05) is 29.6 Å². The lowest BCUT2D eigenvalue weighted by Crippen LogP contribution is -2.42. The molecular weight excluding hydrogens is 326 g/mol. The number of para-hydroxylation sites is 1. The summed E-state index contributed by atoms with van der Waals surface area (Å²) in [6.07, 6.45) is -1.09. The van der Waals surface area contributed by atoms with Gasteiger partial charge in [-0.3, -0.25) is 14.9 Å². The molecule has 22 heavy (non-hydrogen) atoms. The lowest BCUT2D eigenvalue weighted by molar-refractivity contribution is -0.151. The highest BCUT2D eigenvalue weighted by Gasteiger charge is 2.19. The van der Waals surface area contributed by atoms with Crippen molar-refractivity contribution in [2.24, 2.45) is 5.73 Å². The van der Waals surface area contributed by atoms with Crippen molar-refractivity contribution >= 4 is 51.2 Å². The third-order valence-corrected chi connectivity index (χ3v) is 4.66. The van der Waals surface area contributed by atoms with Crippen LogP contribution in [0, 0.1) is 0 Å². The molecule has 3 amide bonds. The van der Waals surface area contributed by atoms with Crippen molar-refractivity contribution in [1.82, 2.24) is 10.3 Å². The van der Waals surface area contributed by atoms with E-state index >= 15 is 0 Å². The number of urea groups is 1. The van der Waals surface area contributed by atoms with Gasteiger partial charge >= 0.3 is 12.0 Å². The Morgan fingerprint density at radius 1 is 1.41 bits per heavy atom. The normalized spacial score (nSPS) is 11.9. The van der Waals surface area contributed by atoms with Gasteiger partial charge in [0.2, 0.25) is 0 Å². The predicted octanol–water partition coefficient (Wildman–Crippen LogP) is 1.51. The number of hydrogen-bond donors (Lipinski definition) is 2. The van der Waals surface area contributed by atoms with Gasteiger partial charge < -0.3 is 10.5 Å². The third-order valence-electron chi connectivity index (χ3n) is 2.51. The van der Waals surface area contributed by atoms with Crippen molar-refractivity contribution in [1.29, 1.82) is 0 Å². The second-order valence-electron chi connectivity index (χ2n) is 4.22. The van der Waals surface area contributed by atoms with Gasteiger partial charge in [0.05, 0.1) is 16.0 Å². The molecule has 1 aromatic carbocycles. The smallest absolute Gasteiger partial charge is 0.318 e. The topological polar surface area (TPSA) is 111 Å². The number of rotatable bonds is 5. The monoisotopic (exact) mass is 339 g/mol. The molecule has 1 atom stereocenters. The van der Waals surface area contributed by atoms with Crippen molar-refractivity contribution < 1.29 is 19.1 Å². The number of amides is 3. The number of hydrogen-bond acceptors (Lipinski definition) is 7. The van der Waals surface area contributed by atoms with E-state index in [1.54, 1.807) is 0 Å². The number of benzene rings is 1. The number of carbonyl (C=O) groups excluding carboxylic acids is 3. The molecule has 3 N–H and O–H groups in total. The van der Waals surface area contributed by atoms with Gasteiger partial charge in [0.1, 0.15) is 0 Å². The fourth-order valence-corrected chi connectivity index (χ4v) is 3.39. The molecule has 0 aliphatic rings. The summed E-state index contributed by atoms with van der Waals surface area (Å²) in [6, 6.07) is 6.67. The van der Waals surface area contributed by atoms with E-state index in [-0.39, 0.29) is 5.75 Å². The van der Waals surface area contributed by atoms with E-state index in [0.29, 0.717) is 0 Å². The molecule has 1 aromatic heterocycles. The first-order valence-electron chi connectivity index (χ1n) is 6.24. The van der Waals surface area contributed by atoms with Gasteiger partial charge in [-0.25, -0.2) is 9.78 Å². The van der Waals surface area contributed by atoms with E-state index < -0.39 is 24.0 Å². The van der Waals surface area contributed by atoms with Gasteiger partial charge in [0.25, 0.3) is 5.91 Å². The first-order chi connectivity index (χ1) is 10.5. The largest absolute Gasteiger partial charge is 0.452 e. The first-order valence-corrected chi connectivity index (χ1v) is 8.04. The van der Waals surface area contributed by atoms with E-state index in [4.69, 9.17) is 10.5 Å². The SMILES string of the molecule is C[C@@H](OC(=O)CSc1nc2ccccc2s1)C(=O)NC(N)=O. The molecule has 0 fully saturated rings. The fourth-order valence-electron chi connectivity index (χ4n) is 1.54. The molecule has 0 aliphatic carbocycles. The molecule has 0 bridgehead atoms. The van der Waals surface area contributed by atoms with Crippen LogP contribution in [0.5, 0.6) is 0 Å². The number of imide groups is 1. The zero-order valence-electron chi connectivity index (χ0n) is 11.6. The van der Waals surface area contributed by atoms with E-state index in [2.05, 4.69) is 4.98 Å². The molecule has 0 saturated carbocycles. The average Bonchev–Trinajstić information content (AvgIpc) is 2.87. The number of nitrogens with zero attached hydrogens (tertiary/aromatic N) is 1. The second-order valence-corrected chi connectivity index (χ2v) is 6.47. The maximum atomic E-state index is 11.7. The Balaban J connectivity index is 1.84. The summed E-state index contributed by atoms with van der Waals surface area (Å²) in [5.74, 6) is -1.31. The van der Waals surface area contributed by atoms with Gasteiger partial charge in [-0.05, 0) is 19.1 Å². The molecule has 1 heterocycles. The van der Waals surface area contributed by atoms with E-state index in [1.165, 1.54) is 30.0 Å². The predicted molar refractivity (Wildman–Crippen MR) is 83.6 cm³/mol. The van der Waals surface area contributed by atoms with Crippen molar-refractivity contribution in [3.63, 3.8) is 0 Å². The lowest BCUT2D eigenvalue weighted by atomic mass is 10.3. The summed E-state index contributed by atoms with van der Waals surface area (Å²) in [5, 5.41) is 1.85. The number of aromatic nitrogens is 1. The van der Waals surface area contributed by atoms with Crippen LogP contribution < -0.4 is 11.1 Å². The van der Waals surface area contributed by atoms with Crippen LogP contribution in [0.1, 0.15) is 6.92 Å².